The van der Waals surface area contributed by atoms with Gasteiger partial charge in [0, 0.05) is 5.56 Å². The summed E-state index contributed by atoms with van der Waals surface area (Å²) in [5.74, 6) is 0.249. The first kappa shape index (κ1) is 20.8. The van der Waals surface area contributed by atoms with Crippen molar-refractivity contribution in [2.45, 2.75) is 46.1 Å². The Hall–Kier alpha value is -2.24. The highest BCUT2D eigenvalue weighted by atomic mass is 16.5. The van der Waals surface area contributed by atoms with Crippen molar-refractivity contribution >= 4 is 11.9 Å². The molecule has 0 unspecified atom stereocenters. The van der Waals surface area contributed by atoms with Crippen LogP contribution in [0.1, 0.15) is 50.4 Å². The van der Waals surface area contributed by atoms with E-state index in [9.17, 15) is 9.59 Å². The highest BCUT2D eigenvalue weighted by Crippen LogP contribution is 2.28. The summed E-state index contributed by atoms with van der Waals surface area (Å²) in [6, 6.07) is 4.29. The van der Waals surface area contributed by atoms with E-state index in [1.165, 1.54) is 14.2 Å². The fourth-order valence-corrected chi connectivity index (χ4v) is 2.28. The number of rotatable bonds is 10. The molecule has 1 amide bonds. The second kappa shape index (κ2) is 10.6. The normalized spacial score (nSPS) is 12.8. The predicted molar refractivity (Wildman–Crippen MR) is 96.1 cm³/mol. The Bertz CT molecular complexity index is 573. The highest BCUT2D eigenvalue weighted by molar-refractivity contribution is 5.97. The molecule has 0 aliphatic carbocycles. The van der Waals surface area contributed by atoms with Gasteiger partial charge >= 0.3 is 5.97 Å². The first-order valence-corrected chi connectivity index (χ1v) is 8.67. The van der Waals surface area contributed by atoms with Gasteiger partial charge in [-0.25, -0.2) is 4.79 Å². The van der Waals surface area contributed by atoms with E-state index in [2.05, 4.69) is 12.2 Å². The molecule has 0 fully saturated rings. The Labute approximate surface area is 149 Å². The van der Waals surface area contributed by atoms with Crippen LogP contribution >= 0.6 is 0 Å². The van der Waals surface area contributed by atoms with Crippen LogP contribution in [0.5, 0.6) is 11.5 Å². The average Bonchev–Trinajstić information content (AvgIpc) is 2.64. The number of carbonyl (C=O) groups is 2. The number of amides is 1. The molecule has 0 saturated heterocycles. The van der Waals surface area contributed by atoms with Gasteiger partial charge in [0.2, 0.25) is 0 Å². The zero-order chi connectivity index (χ0) is 18.8. The van der Waals surface area contributed by atoms with Crippen molar-refractivity contribution < 1.29 is 23.8 Å². The Morgan fingerprint density at radius 1 is 1.16 bits per heavy atom. The molecule has 1 rings (SSSR count). The number of hydrogen-bond donors (Lipinski definition) is 1. The number of unbranched alkanes of at least 4 members (excludes halogenated alkanes) is 1. The summed E-state index contributed by atoms with van der Waals surface area (Å²) in [6.07, 6.45) is 2.72. The number of esters is 1. The van der Waals surface area contributed by atoms with Crippen LogP contribution < -0.4 is 14.8 Å². The third kappa shape index (κ3) is 5.96. The second-order valence-corrected chi connectivity index (χ2v) is 5.93. The molecule has 6 heteroatoms. The monoisotopic (exact) mass is 351 g/mol. The fraction of sp³-hybridized carbons (Fsp3) is 0.579. The molecule has 6 nitrogen and oxygen atoms in total. The van der Waals surface area contributed by atoms with Crippen LogP contribution in [0.4, 0.5) is 0 Å². The van der Waals surface area contributed by atoms with E-state index in [0.29, 0.717) is 23.7 Å². The van der Waals surface area contributed by atoms with Crippen LogP contribution in [-0.2, 0) is 9.53 Å². The molecule has 2 atom stereocenters. The van der Waals surface area contributed by atoms with Gasteiger partial charge in [0.15, 0.2) is 11.5 Å². The lowest BCUT2D eigenvalue weighted by Gasteiger charge is -2.22. The standard InChI is InChI=1S/C19H29NO5/c1-6-8-11-25-15-10-9-14(12-16(15)23-4)18(21)20-17(13(3)7-2)19(22)24-5/h9-10,12-13,17H,6-8,11H2,1-5H3,(H,20,21)/t13-,17+/m1/s1. The Morgan fingerprint density at radius 3 is 2.44 bits per heavy atom. The molecule has 0 heterocycles. The summed E-state index contributed by atoms with van der Waals surface area (Å²) in [5.41, 5.74) is 0.400. The number of ether oxygens (including phenoxy) is 3. The second-order valence-electron chi connectivity index (χ2n) is 5.93. The molecule has 1 N–H and O–H groups in total. The SMILES string of the molecule is CCCCOc1ccc(C(=O)N[C@H](C(=O)OC)[C@H](C)CC)cc1OC. The molecule has 140 valence electrons. The van der Waals surface area contributed by atoms with Crippen LogP contribution in [0.2, 0.25) is 0 Å². The van der Waals surface area contributed by atoms with Crippen molar-refractivity contribution in [1.82, 2.24) is 5.32 Å². The van der Waals surface area contributed by atoms with E-state index < -0.39 is 12.0 Å². The first-order chi connectivity index (χ1) is 12.0. The molecule has 0 spiro atoms. The highest BCUT2D eigenvalue weighted by Gasteiger charge is 2.27. The van der Waals surface area contributed by atoms with E-state index in [-0.39, 0.29) is 11.8 Å². The molecule has 0 saturated carbocycles. The van der Waals surface area contributed by atoms with Gasteiger partial charge in [0.25, 0.3) is 5.91 Å². The van der Waals surface area contributed by atoms with E-state index in [4.69, 9.17) is 14.2 Å². The van der Waals surface area contributed by atoms with Crippen molar-refractivity contribution in [3.63, 3.8) is 0 Å². The lowest BCUT2D eigenvalue weighted by molar-refractivity contribution is -0.144. The van der Waals surface area contributed by atoms with Gasteiger partial charge in [-0.1, -0.05) is 33.6 Å². The van der Waals surface area contributed by atoms with Crippen molar-refractivity contribution in [2.75, 3.05) is 20.8 Å². The number of nitrogens with one attached hydrogen (secondary N) is 1. The Kier molecular flexibility index (Phi) is 8.81. The van der Waals surface area contributed by atoms with Gasteiger partial charge in [-0.2, -0.15) is 0 Å². The summed E-state index contributed by atoms with van der Waals surface area (Å²) in [5, 5.41) is 2.75. The quantitative estimate of drug-likeness (QED) is 0.518. The molecule has 0 aromatic heterocycles. The summed E-state index contributed by atoms with van der Waals surface area (Å²) in [6.45, 7) is 6.53. The number of carbonyl (C=O) groups excluding carboxylic acids is 2. The zero-order valence-corrected chi connectivity index (χ0v) is 15.8. The van der Waals surface area contributed by atoms with Crippen LogP contribution in [-0.4, -0.2) is 38.7 Å². The fourth-order valence-electron chi connectivity index (χ4n) is 2.28. The minimum atomic E-state index is -0.686. The molecule has 0 radical (unpaired) electrons. The van der Waals surface area contributed by atoms with Gasteiger partial charge in [0.05, 0.1) is 20.8 Å². The van der Waals surface area contributed by atoms with Crippen molar-refractivity contribution in [3.05, 3.63) is 23.8 Å². The maximum Gasteiger partial charge on any atom is 0.328 e. The van der Waals surface area contributed by atoms with E-state index >= 15 is 0 Å². The molecule has 0 aliphatic heterocycles. The largest absolute Gasteiger partial charge is 0.493 e. The number of methoxy groups -OCH3 is 2. The van der Waals surface area contributed by atoms with Gasteiger partial charge in [-0.05, 0) is 30.5 Å². The van der Waals surface area contributed by atoms with Crippen LogP contribution in [0.3, 0.4) is 0 Å². The van der Waals surface area contributed by atoms with Gasteiger partial charge in [0.1, 0.15) is 6.04 Å². The molecular weight excluding hydrogens is 322 g/mol. The molecule has 1 aromatic rings. The average molecular weight is 351 g/mol. The lowest BCUT2D eigenvalue weighted by Crippen LogP contribution is -2.45. The number of benzene rings is 1. The molecule has 0 bridgehead atoms. The van der Waals surface area contributed by atoms with E-state index in [1.54, 1.807) is 18.2 Å². The molecule has 25 heavy (non-hydrogen) atoms. The van der Waals surface area contributed by atoms with Crippen LogP contribution in [0.25, 0.3) is 0 Å². The van der Waals surface area contributed by atoms with Crippen molar-refractivity contribution in [3.8, 4) is 11.5 Å². The molecular formula is C19H29NO5. The maximum atomic E-state index is 12.5. The molecule has 1 aromatic carbocycles. The van der Waals surface area contributed by atoms with Crippen LogP contribution in [0.15, 0.2) is 18.2 Å². The third-order valence-corrected chi connectivity index (χ3v) is 4.14. The minimum Gasteiger partial charge on any atom is -0.493 e. The van der Waals surface area contributed by atoms with Gasteiger partial charge in [-0.3, -0.25) is 4.79 Å². The summed E-state index contributed by atoms with van der Waals surface area (Å²) in [4.78, 5) is 24.4. The van der Waals surface area contributed by atoms with E-state index in [0.717, 1.165) is 19.3 Å². The van der Waals surface area contributed by atoms with Crippen molar-refractivity contribution in [1.29, 1.82) is 0 Å². The van der Waals surface area contributed by atoms with E-state index in [1.807, 2.05) is 13.8 Å². The summed E-state index contributed by atoms with van der Waals surface area (Å²) >= 11 is 0. The van der Waals surface area contributed by atoms with Gasteiger partial charge in [-0.15, -0.1) is 0 Å². The predicted octanol–water partition coefficient (Wildman–Crippen LogP) is 3.19. The topological polar surface area (TPSA) is 73.9 Å². The summed E-state index contributed by atoms with van der Waals surface area (Å²) < 4.78 is 15.8. The number of hydrogen-bond acceptors (Lipinski definition) is 5. The zero-order valence-electron chi connectivity index (χ0n) is 15.8. The smallest absolute Gasteiger partial charge is 0.328 e. The Morgan fingerprint density at radius 2 is 1.88 bits per heavy atom. The Balaban J connectivity index is 2.91. The maximum absolute atomic E-state index is 12.5. The van der Waals surface area contributed by atoms with Gasteiger partial charge < -0.3 is 19.5 Å². The minimum absolute atomic E-state index is 0.0325. The van der Waals surface area contributed by atoms with Crippen LogP contribution in [0, 0.1) is 5.92 Å². The summed E-state index contributed by atoms with van der Waals surface area (Å²) in [7, 11) is 2.84. The van der Waals surface area contributed by atoms with Crippen molar-refractivity contribution in [2.24, 2.45) is 5.92 Å². The third-order valence-electron chi connectivity index (χ3n) is 4.14. The first-order valence-electron chi connectivity index (χ1n) is 8.67. The lowest BCUT2D eigenvalue weighted by atomic mass is 9.99. The molecule has 0 aliphatic rings.